The molecule has 0 unspecified atom stereocenters. The van der Waals surface area contributed by atoms with Crippen molar-refractivity contribution in [3.8, 4) is 0 Å². The van der Waals surface area contributed by atoms with Gasteiger partial charge in [0.05, 0.1) is 0 Å². The van der Waals surface area contributed by atoms with E-state index >= 15 is 0 Å². The Hall–Kier alpha value is -1.10. The maximum atomic E-state index is 12.9. The molecule has 0 saturated carbocycles. The van der Waals surface area contributed by atoms with Gasteiger partial charge in [-0.15, -0.1) is 0 Å². The fraction of sp³-hybridized carbons (Fsp3) is 0.300. The normalized spacial score (nSPS) is 16.1. The summed E-state index contributed by atoms with van der Waals surface area (Å²) in [7, 11) is 0. The van der Waals surface area contributed by atoms with Crippen molar-refractivity contribution in [2.24, 2.45) is 0 Å². The molecule has 1 aromatic carbocycles. The number of thioether (sulfide) groups is 1. The standard InChI is InChI=1S/C10H9F2NOS/c11-8-3-7(4-9(12)5-8)6-13-1-2-15-10(13)14/h3-5H,1-2,6H2. The fourth-order valence-corrected chi connectivity index (χ4v) is 2.32. The Morgan fingerprint density at radius 3 is 2.47 bits per heavy atom. The maximum Gasteiger partial charge on any atom is 0.282 e. The molecule has 0 radical (unpaired) electrons. The summed E-state index contributed by atoms with van der Waals surface area (Å²) in [6, 6.07) is 3.32. The Balaban J connectivity index is 2.13. The Bertz CT molecular complexity index is 377. The summed E-state index contributed by atoms with van der Waals surface area (Å²) in [6.45, 7) is 0.919. The first kappa shape index (κ1) is 10.4. The highest BCUT2D eigenvalue weighted by atomic mass is 32.2. The van der Waals surface area contributed by atoms with Crippen molar-refractivity contribution >= 4 is 17.0 Å². The lowest BCUT2D eigenvalue weighted by atomic mass is 10.2. The van der Waals surface area contributed by atoms with Gasteiger partial charge in [-0.1, -0.05) is 11.8 Å². The third kappa shape index (κ3) is 2.47. The van der Waals surface area contributed by atoms with E-state index in [1.807, 2.05) is 0 Å². The van der Waals surface area contributed by atoms with Gasteiger partial charge in [-0.2, -0.15) is 0 Å². The summed E-state index contributed by atoms with van der Waals surface area (Å²) >= 11 is 1.23. The van der Waals surface area contributed by atoms with Crippen LogP contribution >= 0.6 is 11.8 Å². The van der Waals surface area contributed by atoms with Crippen molar-refractivity contribution in [1.29, 1.82) is 0 Å². The first-order valence-corrected chi connectivity index (χ1v) is 5.50. The number of hydrogen-bond acceptors (Lipinski definition) is 2. The van der Waals surface area contributed by atoms with E-state index in [4.69, 9.17) is 0 Å². The molecule has 0 atom stereocenters. The number of rotatable bonds is 2. The third-order valence-electron chi connectivity index (χ3n) is 2.14. The SMILES string of the molecule is O=C1SCCN1Cc1cc(F)cc(F)c1. The number of carbonyl (C=O) groups is 1. The van der Waals surface area contributed by atoms with E-state index in [1.54, 1.807) is 4.90 Å². The summed E-state index contributed by atoms with van der Waals surface area (Å²) in [4.78, 5) is 12.8. The molecule has 2 rings (SSSR count). The van der Waals surface area contributed by atoms with Crippen LogP contribution in [0.5, 0.6) is 0 Å². The third-order valence-corrected chi connectivity index (χ3v) is 3.03. The van der Waals surface area contributed by atoms with Gasteiger partial charge < -0.3 is 4.90 Å². The summed E-state index contributed by atoms with van der Waals surface area (Å²) in [5.74, 6) is -0.468. The van der Waals surface area contributed by atoms with E-state index in [2.05, 4.69) is 0 Å². The largest absolute Gasteiger partial charge is 0.328 e. The molecule has 0 bridgehead atoms. The van der Waals surface area contributed by atoms with Crippen molar-refractivity contribution in [3.63, 3.8) is 0 Å². The van der Waals surface area contributed by atoms with E-state index < -0.39 is 11.6 Å². The second kappa shape index (κ2) is 4.18. The smallest absolute Gasteiger partial charge is 0.282 e. The molecule has 5 heteroatoms. The zero-order valence-electron chi connectivity index (χ0n) is 7.87. The zero-order valence-corrected chi connectivity index (χ0v) is 8.69. The predicted octanol–water partition coefficient (Wildman–Crippen LogP) is 2.63. The van der Waals surface area contributed by atoms with Gasteiger partial charge in [-0.05, 0) is 17.7 Å². The minimum absolute atomic E-state index is 0.0281. The summed E-state index contributed by atoms with van der Waals surface area (Å²) < 4.78 is 25.7. The highest BCUT2D eigenvalue weighted by molar-refractivity contribution is 8.13. The number of amides is 1. The molecule has 1 heterocycles. The highest BCUT2D eigenvalue weighted by Gasteiger charge is 2.21. The van der Waals surface area contributed by atoms with Crippen LogP contribution < -0.4 is 0 Å². The van der Waals surface area contributed by atoms with Gasteiger partial charge in [0.1, 0.15) is 11.6 Å². The number of carbonyl (C=O) groups excluding carboxylic acids is 1. The molecule has 0 spiro atoms. The molecule has 15 heavy (non-hydrogen) atoms. The summed E-state index contributed by atoms with van der Waals surface area (Å²) in [6.07, 6.45) is 0. The van der Waals surface area contributed by atoms with Gasteiger partial charge in [-0.25, -0.2) is 8.78 Å². The molecular weight excluding hydrogens is 220 g/mol. The topological polar surface area (TPSA) is 20.3 Å². The minimum atomic E-state index is -0.607. The maximum absolute atomic E-state index is 12.9. The molecule has 0 aliphatic carbocycles. The van der Waals surface area contributed by atoms with E-state index in [0.717, 1.165) is 11.8 Å². The van der Waals surface area contributed by atoms with Crippen LogP contribution in [-0.4, -0.2) is 22.4 Å². The second-order valence-corrected chi connectivity index (χ2v) is 4.36. The van der Waals surface area contributed by atoms with Gasteiger partial charge in [0, 0.05) is 24.9 Å². The minimum Gasteiger partial charge on any atom is -0.328 e. The van der Waals surface area contributed by atoms with Crippen molar-refractivity contribution < 1.29 is 13.6 Å². The molecule has 1 aliphatic heterocycles. The number of nitrogens with zero attached hydrogens (tertiary/aromatic N) is 1. The van der Waals surface area contributed by atoms with Crippen molar-refractivity contribution in [2.75, 3.05) is 12.3 Å². The van der Waals surface area contributed by atoms with Crippen LogP contribution in [-0.2, 0) is 6.54 Å². The average molecular weight is 229 g/mol. The van der Waals surface area contributed by atoms with Crippen LogP contribution in [0.3, 0.4) is 0 Å². The molecule has 80 valence electrons. The first-order valence-electron chi connectivity index (χ1n) is 4.52. The van der Waals surface area contributed by atoms with E-state index in [9.17, 15) is 13.6 Å². The second-order valence-electron chi connectivity index (χ2n) is 3.31. The molecule has 2 nitrogen and oxygen atoms in total. The molecule has 1 saturated heterocycles. The quantitative estimate of drug-likeness (QED) is 0.777. The average Bonchev–Trinajstić information content (AvgIpc) is 2.50. The lowest BCUT2D eigenvalue weighted by Crippen LogP contribution is -2.22. The molecule has 1 amide bonds. The first-order chi connectivity index (χ1) is 7.15. The van der Waals surface area contributed by atoms with Crippen LogP contribution in [0, 0.1) is 11.6 Å². The van der Waals surface area contributed by atoms with Gasteiger partial charge in [0.2, 0.25) is 0 Å². The Morgan fingerprint density at radius 2 is 1.93 bits per heavy atom. The lowest BCUT2D eigenvalue weighted by molar-refractivity contribution is 0.227. The lowest BCUT2D eigenvalue weighted by Gasteiger charge is -2.14. The van der Waals surface area contributed by atoms with Crippen LogP contribution in [0.25, 0.3) is 0 Å². The predicted molar refractivity (Wildman–Crippen MR) is 54.6 cm³/mol. The Morgan fingerprint density at radius 1 is 1.27 bits per heavy atom. The number of benzene rings is 1. The summed E-state index contributed by atoms with van der Waals surface area (Å²) in [5.41, 5.74) is 0.489. The number of halogens is 2. The molecule has 1 aliphatic rings. The molecule has 1 aromatic rings. The molecule has 1 fully saturated rings. The fourth-order valence-electron chi connectivity index (χ4n) is 1.49. The van der Waals surface area contributed by atoms with E-state index in [0.29, 0.717) is 12.1 Å². The van der Waals surface area contributed by atoms with Gasteiger partial charge in [-0.3, -0.25) is 4.79 Å². The van der Waals surface area contributed by atoms with Gasteiger partial charge >= 0.3 is 0 Å². The summed E-state index contributed by atoms with van der Waals surface area (Å²) in [5, 5.41) is -0.0281. The van der Waals surface area contributed by atoms with E-state index in [1.165, 1.54) is 23.9 Å². The van der Waals surface area contributed by atoms with E-state index in [-0.39, 0.29) is 11.8 Å². The van der Waals surface area contributed by atoms with Crippen LogP contribution in [0.2, 0.25) is 0 Å². The molecule has 0 N–H and O–H groups in total. The Labute approximate surface area is 90.3 Å². The highest BCUT2D eigenvalue weighted by Crippen LogP contribution is 2.20. The zero-order chi connectivity index (χ0) is 10.8. The number of hydrogen-bond donors (Lipinski definition) is 0. The van der Waals surface area contributed by atoms with Crippen LogP contribution in [0.15, 0.2) is 18.2 Å². The van der Waals surface area contributed by atoms with Crippen molar-refractivity contribution in [1.82, 2.24) is 4.90 Å². The van der Waals surface area contributed by atoms with Crippen LogP contribution in [0.4, 0.5) is 13.6 Å². The molecular formula is C10H9F2NOS. The van der Waals surface area contributed by atoms with Crippen molar-refractivity contribution in [3.05, 3.63) is 35.4 Å². The Kier molecular flexibility index (Phi) is 2.90. The monoisotopic (exact) mass is 229 g/mol. The van der Waals surface area contributed by atoms with Gasteiger partial charge in [0.25, 0.3) is 5.24 Å². The van der Waals surface area contributed by atoms with Gasteiger partial charge in [0.15, 0.2) is 0 Å². The van der Waals surface area contributed by atoms with Crippen molar-refractivity contribution in [2.45, 2.75) is 6.54 Å². The molecule has 0 aromatic heterocycles. The van der Waals surface area contributed by atoms with Crippen LogP contribution in [0.1, 0.15) is 5.56 Å².